The number of benzene rings is 3. The van der Waals surface area contributed by atoms with E-state index in [4.69, 9.17) is 16.3 Å². The second kappa shape index (κ2) is 11.9. The molecule has 1 saturated heterocycles. The number of hydrogen-bond donors (Lipinski definition) is 1. The van der Waals surface area contributed by atoms with E-state index in [1.54, 1.807) is 24.0 Å². The molecule has 2 amide bonds. The van der Waals surface area contributed by atoms with Crippen molar-refractivity contribution in [2.75, 3.05) is 42.5 Å². The van der Waals surface area contributed by atoms with Gasteiger partial charge in [-0.25, -0.2) is 8.42 Å². The third kappa shape index (κ3) is 6.57. The minimum absolute atomic E-state index is 0.128. The van der Waals surface area contributed by atoms with Crippen LogP contribution >= 0.6 is 11.6 Å². The lowest BCUT2D eigenvalue weighted by atomic mass is 10.1. The summed E-state index contributed by atoms with van der Waals surface area (Å²) in [5, 5.41) is 1.93. The summed E-state index contributed by atoms with van der Waals surface area (Å²) < 4.78 is 73.9. The van der Waals surface area contributed by atoms with Crippen molar-refractivity contribution in [3.8, 4) is 0 Å². The van der Waals surface area contributed by atoms with Gasteiger partial charge in [0.2, 0.25) is 5.91 Å². The normalized spacial score (nSPS) is 14.1. The predicted octanol–water partition coefficient (Wildman–Crippen LogP) is 4.97. The number of morpholine rings is 1. The van der Waals surface area contributed by atoms with Gasteiger partial charge in [-0.05, 0) is 49.4 Å². The second-order valence-corrected chi connectivity index (χ2v) is 11.3. The summed E-state index contributed by atoms with van der Waals surface area (Å²) in [6.45, 7) is 2.32. The maximum atomic E-state index is 13.6. The Morgan fingerprint density at radius 2 is 1.68 bits per heavy atom. The zero-order valence-electron chi connectivity index (χ0n) is 21.2. The number of sulfonamides is 1. The topological polar surface area (TPSA) is 96.0 Å². The third-order valence-corrected chi connectivity index (χ3v) is 8.29. The molecule has 1 heterocycles. The molecule has 0 saturated carbocycles. The lowest BCUT2D eigenvalue weighted by Crippen LogP contribution is -2.41. The molecule has 3 aromatic carbocycles. The van der Waals surface area contributed by atoms with Crippen LogP contribution in [-0.4, -0.2) is 58.0 Å². The summed E-state index contributed by atoms with van der Waals surface area (Å²) >= 11 is 5.75. The van der Waals surface area contributed by atoms with Crippen LogP contribution in [0.3, 0.4) is 0 Å². The summed E-state index contributed by atoms with van der Waals surface area (Å²) in [5.41, 5.74) is -0.598. The number of anilines is 2. The van der Waals surface area contributed by atoms with E-state index >= 15 is 0 Å². The monoisotopic (exact) mass is 595 g/mol. The van der Waals surface area contributed by atoms with Crippen molar-refractivity contribution in [1.82, 2.24) is 4.90 Å². The van der Waals surface area contributed by atoms with Gasteiger partial charge in [0.1, 0.15) is 6.54 Å². The van der Waals surface area contributed by atoms with Gasteiger partial charge in [-0.2, -0.15) is 13.2 Å². The van der Waals surface area contributed by atoms with E-state index in [1.165, 1.54) is 36.4 Å². The summed E-state index contributed by atoms with van der Waals surface area (Å²) in [7, 11) is -4.50. The standard InChI is InChI=1S/C27H25ClF3N3O5S/c1-18-6-9-20(10-7-18)40(37,38)34(19-8-11-23(28)22(16-19)27(29,30)31)17-25(35)32-24-5-3-2-4-21(24)26(36)33-12-14-39-15-13-33/h2-11,16H,12-15,17H2,1H3,(H,32,35). The fourth-order valence-electron chi connectivity index (χ4n) is 4.07. The summed E-state index contributed by atoms with van der Waals surface area (Å²) in [6.07, 6.45) is -4.87. The number of alkyl halides is 3. The Kier molecular flexibility index (Phi) is 8.71. The Morgan fingerprint density at radius 1 is 1.02 bits per heavy atom. The molecule has 0 aromatic heterocycles. The summed E-state index contributed by atoms with van der Waals surface area (Å²) in [5.74, 6) is -1.22. The van der Waals surface area contributed by atoms with Gasteiger partial charge in [0.25, 0.3) is 15.9 Å². The molecule has 8 nitrogen and oxygen atoms in total. The van der Waals surface area contributed by atoms with Gasteiger partial charge in [-0.1, -0.05) is 41.4 Å². The molecule has 0 aliphatic carbocycles. The van der Waals surface area contributed by atoms with Crippen LogP contribution in [0.25, 0.3) is 0 Å². The van der Waals surface area contributed by atoms with Crippen LogP contribution in [0.1, 0.15) is 21.5 Å². The molecule has 0 unspecified atom stereocenters. The number of amides is 2. The van der Waals surface area contributed by atoms with E-state index in [0.29, 0.717) is 36.7 Å². The van der Waals surface area contributed by atoms with Crippen LogP contribution in [0.5, 0.6) is 0 Å². The fourth-order valence-corrected chi connectivity index (χ4v) is 5.71. The molecule has 4 rings (SSSR count). The van der Waals surface area contributed by atoms with Crippen molar-refractivity contribution in [3.05, 3.63) is 88.4 Å². The molecule has 3 aromatic rings. The number of carbonyl (C=O) groups is 2. The van der Waals surface area contributed by atoms with Crippen LogP contribution in [0.4, 0.5) is 24.5 Å². The van der Waals surface area contributed by atoms with E-state index in [9.17, 15) is 31.2 Å². The highest BCUT2D eigenvalue weighted by atomic mass is 35.5. The highest BCUT2D eigenvalue weighted by Crippen LogP contribution is 2.38. The number of nitrogens with zero attached hydrogens (tertiary/aromatic N) is 2. The van der Waals surface area contributed by atoms with Crippen molar-refractivity contribution >= 4 is 44.8 Å². The van der Waals surface area contributed by atoms with E-state index < -0.39 is 44.9 Å². The number of aryl methyl sites for hydroxylation is 1. The van der Waals surface area contributed by atoms with Gasteiger partial charge in [0.15, 0.2) is 0 Å². The molecule has 0 spiro atoms. The van der Waals surface area contributed by atoms with Crippen LogP contribution in [0.15, 0.2) is 71.6 Å². The first-order valence-electron chi connectivity index (χ1n) is 12.1. The maximum Gasteiger partial charge on any atom is 0.417 e. The summed E-state index contributed by atoms with van der Waals surface area (Å²) in [4.78, 5) is 27.6. The molecular formula is C27H25ClF3N3O5S. The first-order valence-corrected chi connectivity index (χ1v) is 13.9. The second-order valence-electron chi connectivity index (χ2n) is 8.98. The number of para-hydroxylation sites is 1. The molecule has 0 bridgehead atoms. The van der Waals surface area contributed by atoms with Crippen molar-refractivity contribution in [3.63, 3.8) is 0 Å². The molecular weight excluding hydrogens is 571 g/mol. The van der Waals surface area contributed by atoms with Gasteiger partial charge >= 0.3 is 6.18 Å². The Hall–Kier alpha value is -3.61. The van der Waals surface area contributed by atoms with Gasteiger partial charge in [0.05, 0.1) is 45.6 Å². The molecule has 1 N–H and O–H groups in total. The van der Waals surface area contributed by atoms with Gasteiger partial charge < -0.3 is 15.0 Å². The number of rotatable bonds is 7. The number of halogens is 4. The number of hydrogen-bond acceptors (Lipinski definition) is 5. The van der Waals surface area contributed by atoms with Crippen molar-refractivity contribution < 1.29 is 35.9 Å². The zero-order valence-corrected chi connectivity index (χ0v) is 22.8. The molecule has 1 aliphatic heterocycles. The quantitative estimate of drug-likeness (QED) is 0.416. The van der Waals surface area contributed by atoms with E-state index in [2.05, 4.69) is 5.32 Å². The molecule has 40 heavy (non-hydrogen) atoms. The minimum atomic E-state index is -4.87. The van der Waals surface area contributed by atoms with Crippen LogP contribution in [0, 0.1) is 6.92 Å². The summed E-state index contributed by atoms with van der Waals surface area (Å²) in [6, 6.07) is 14.4. The smallest absolute Gasteiger partial charge is 0.378 e. The number of carbonyl (C=O) groups excluding carboxylic acids is 2. The first kappa shape index (κ1) is 29.4. The Labute approximate surface area is 234 Å². The zero-order chi connectivity index (χ0) is 29.1. The Morgan fingerprint density at radius 3 is 2.33 bits per heavy atom. The SMILES string of the molecule is Cc1ccc(S(=O)(=O)N(CC(=O)Nc2ccccc2C(=O)N2CCOCC2)c2ccc(Cl)c(C(F)(F)F)c2)cc1. The molecule has 13 heteroatoms. The van der Waals surface area contributed by atoms with Crippen LogP contribution in [-0.2, 0) is 25.7 Å². The van der Waals surface area contributed by atoms with Gasteiger partial charge in [-0.15, -0.1) is 0 Å². The van der Waals surface area contributed by atoms with Crippen LogP contribution in [0.2, 0.25) is 5.02 Å². The Balaban J connectivity index is 1.69. The van der Waals surface area contributed by atoms with Gasteiger partial charge in [-0.3, -0.25) is 13.9 Å². The average molecular weight is 596 g/mol. The predicted molar refractivity (Wildman–Crippen MR) is 144 cm³/mol. The minimum Gasteiger partial charge on any atom is -0.378 e. The molecule has 212 valence electrons. The molecule has 1 aliphatic rings. The van der Waals surface area contributed by atoms with Crippen molar-refractivity contribution in [2.45, 2.75) is 18.0 Å². The highest BCUT2D eigenvalue weighted by Gasteiger charge is 2.36. The van der Waals surface area contributed by atoms with E-state index in [0.717, 1.165) is 17.7 Å². The lowest BCUT2D eigenvalue weighted by molar-refractivity contribution is -0.137. The van der Waals surface area contributed by atoms with Gasteiger partial charge in [0, 0.05) is 13.1 Å². The van der Waals surface area contributed by atoms with E-state index in [1.807, 2.05) is 0 Å². The number of ether oxygens (including phenoxy) is 1. The number of nitrogens with one attached hydrogen (secondary N) is 1. The van der Waals surface area contributed by atoms with Crippen molar-refractivity contribution in [2.24, 2.45) is 0 Å². The largest absolute Gasteiger partial charge is 0.417 e. The average Bonchev–Trinajstić information content (AvgIpc) is 2.92. The highest BCUT2D eigenvalue weighted by molar-refractivity contribution is 7.92. The fraction of sp³-hybridized carbons (Fsp3) is 0.259. The first-order chi connectivity index (χ1) is 18.9. The maximum absolute atomic E-state index is 13.6. The third-order valence-electron chi connectivity index (χ3n) is 6.17. The van der Waals surface area contributed by atoms with Crippen LogP contribution < -0.4 is 9.62 Å². The molecule has 0 atom stereocenters. The molecule has 0 radical (unpaired) electrons. The van der Waals surface area contributed by atoms with Crippen molar-refractivity contribution in [1.29, 1.82) is 0 Å². The molecule has 1 fully saturated rings. The Bertz CT molecular complexity index is 1510. The lowest BCUT2D eigenvalue weighted by Gasteiger charge is -2.28. The van der Waals surface area contributed by atoms with E-state index in [-0.39, 0.29) is 22.1 Å².